The van der Waals surface area contributed by atoms with E-state index in [1.54, 1.807) is 4.90 Å². The van der Waals surface area contributed by atoms with Gasteiger partial charge in [0.05, 0.1) is 12.0 Å². The van der Waals surface area contributed by atoms with Gasteiger partial charge in [-0.3, -0.25) is 4.79 Å². The number of carbonyl (C=O) groups is 1. The van der Waals surface area contributed by atoms with Crippen LogP contribution in [0.25, 0.3) is 0 Å². The summed E-state index contributed by atoms with van der Waals surface area (Å²) >= 11 is 3.32. The Morgan fingerprint density at radius 3 is 2.24 bits per heavy atom. The molecule has 0 aliphatic rings. The van der Waals surface area contributed by atoms with Gasteiger partial charge in [0.25, 0.3) is 0 Å². The molecule has 0 aromatic heterocycles. The molecule has 0 heterocycles. The number of rotatable bonds is 6. The predicted molar refractivity (Wildman–Crippen MR) is 80.4 cm³/mol. The van der Waals surface area contributed by atoms with Gasteiger partial charge in [-0.25, -0.2) is 0 Å². The summed E-state index contributed by atoms with van der Waals surface area (Å²) in [6.45, 7) is 4.50. The second kappa shape index (κ2) is 7.82. The maximum atomic E-state index is 12.5. The third-order valence-electron chi connectivity index (χ3n) is 3.11. The van der Waals surface area contributed by atoms with E-state index in [2.05, 4.69) is 15.9 Å². The highest BCUT2D eigenvalue weighted by molar-refractivity contribution is 9.09. The van der Waals surface area contributed by atoms with Gasteiger partial charge in [-0.2, -0.15) is 13.2 Å². The van der Waals surface area contributed by atoms with E-state index in [-0.39, 0.29) is 18.4 Å². The van der Waals surface area contributed by atoms with E-state index < -0.39 is 11.7 Å². The van der Waals surface area contributed by atoms with Crippen LogP contribution >= 0.6 is 15.9 Å². The SMILES string of the molecule is CC(C)N(CCCBr)C(=O)Cc1ccc(C(F)(F)F)cc1. The number of carbonyl (C=O) groups excluding carboxylic acids is 1. The molecule has 1 aromatic carbocycles. The number of hydrogen-bond donors (Lipinski definition) is 0. The first-order valence-electron chi connectivity index (χ1n) is 6.77. The molecule has 118 valence electrons. The standard InChI is InChI=1S/C15H19BrF3NO/c1-11(2)20(9-3-8-16)14(21)10-12-4-6-13(7-5-12)15(17,18)19/h4-7,11H,3,8-10H2,1-2H3. The Kier molecular flexibility index (Phi) is 6.71. The van der Waals surface area contributed by atoms with Gasteiger partial charge in [-0.1, -0.05) is 28.1 Å². The number of nitrogens with zero attached hydrogens (tertiary/aromatic N) is 1. The second-order valence-corrected chi connectivity index (χ2v) is 5.89. The lowest BCUT2D eigenvalue weighted by Crippen LogP contribution is -2.38. The fourth-order valence-corrected chi connectivity index (χ4v) is 2.24. The van der Waals surface area contributed by atoms with Crippen molar-refractivity contribution >= 4 is 21.8 Å². The van der Waals surface area contributed by atoms with Crippen LogP contribution in [-0.2, 0) is 17.4 Å². The molecule has 0 saturated heterocycles. The molecule has 1 amide bonds. The zero-order valence-electron chi connectivity index (χ0n) is 12.1. The van der Waals surface area contributed by atoms with Gasteiger partial charge >= 0.3 is 6.18 Å². The van der Waals surface area contributed by atoms with Gasteiger partial charge in [-0.05, 0) is 38.0 Å². The van der Waals surface area contributed by atoms with Crippen LogP contribution in [0.1, 0.15) is 31.4 Å². The van der Waals surface area contributed by atoms with E-state index in [0.717, 1.165) is 23.9 Å². The summed E-state index contributed by atoms with van der Waals surface area (Å²) in [4.78, 5) is 14.0. The summed E-state index contributed by atoms with van der Waals surface area (Å²) in [6.07, 6.45) is -3.38. The highest BCUT2D eigenvalue weighted by Crippen LogP contribution is 2.29. The van der Waals surface area contributed by atoms with E-state index in [0.29, 0.717) is 12.1 Å². The molecule has 0 spiro atoms. The highest BCUT2D eigenvalue weighted by atomic mass is 79.9. The lowest BCUT2D eigenvalue weighted by molar-refractivity contribution is -0.137. The fourth-order valence-electron chi connectivity index (χ4n) is 1.99. The largest absolute Gasteiger partial charge is 0.416 e. The lowest BCUT2D eigenvalue weighted by Gasteiger charge is -2.26. The zero-order valence-corrected chi connectivity index (χ0v) is 13.7. The van der Waals surface area contributed by atoms with Crippen molar-refractivity contribution in [1.29, 1.82) is 0 Å². The Morgan fingerprint density at radius 1 is 1.24 bits per heavy atom. The van der Waals surface area contributed by atoms with Crippen molar-refractivity contribution in [3.05, 3.63) is 35.4 Å². The van der Waals surface area contributed by atoms with Crippen LogP contribution < -0.4 is 0 Å². The molecule has 0 aliphatic heterocycles. The Hall–Kier alpha value is -1.04. The molecular weight excluding hydrogens is 347 g/mol. The first kappa shape index (κ1) is 18.0. The molecule has 0 atom stereocenters. The minimum absolute atomic E-state index is 0.0642. The van der Waals surface area contributed by atoms with Crippen LogP contribution in [0.15, 0.2) is 24.3 Å². The van der Waals surface area contributed by atoms with Crippen LogP contribution in [0.5, 0.6) is 0 Å². The normalized spacial score (nSPS) is 11.8. The van der Waals surface area contributed by atoms with Crippen molar-refractivity contribution in [3.63, 3.8) is 0 Å². The monoisotopic (exact) mass is 365 g/mol. The third-order valence-corrected chi connectivity index (χ3v) is 3.67. The van der Waals surface area contributed by atoms with Crippen LogP contribution in [0.4, 0.5) is 13.2 Å². The Morgan fingerprint density at radius 2 is 1.81 bits per heavy atom. The quantitative estimate of drug-likeness (QED) is 0.689. The summed E-state index contributed by atoms with van der Waals surface area (Å²) in [7, 11) is 0. The summed E-state index contributed by atoms with van der Waals surface area (Å²) in [5.41, 5.74) is -0.101. The van der Waals surface area contributed by atoms with Crippen molar-refractivity contribution in [3.8, 4) is 0 Å². The summed E-state index contributed by atoms with van der Waals surface area (Å²) in [6, 6.07) is 4.83. The molecule has 0 N–H and O–H groups in total. The molecule has 0 unspecified atom stereocenters. The van der Waals surface area contributed by atoms with Gasteiger partial charge in [0, 0.05) is 17.9 Å². The maximum Gasteiger partial charge on any atom is 0.416 e. The van der Waals surface area contributed by atoms with Crippen molar-refractivity contribution < 1.29 is 18.0 Å². The molecular formula is C15H19BrF3NO. The highest BCUT2D eigenvalue weighted by Gasteiger charge is 2.30. The Balaban J connectivity index is 2.72. The number of benzene rings is 1. The average Bonchev–Trinajstić information content (AvgIpc) is 2.38. The Labute approximate surface area is 131 Å². The minimum Gasteiger partial charge on any atom is -0.340 e. The summed E-state index contributed by atoms with van der Waals surface area (Å²) in [5.74, 6) is -0.0642. The third kappa shape index (κ3) is 5.69. The number of halogens is 4. The molecule has 21 heavy (non-hydrogen) atoms. The molecule has 1 rings (SSSR count). The van der Waals surface area contributed by atoms with E-state index >= 15 is 0 Å². The molecule has 0 fully saturated rings. The van der Waals surface area contributed by atoms with E-state index in [9.17, 15) is 18.0 Å². The molecule has 0 aliphatic carbocycles. The fraction of sp³-hybridized carbons (Fsp3) is 0.533. The number of amides is 1. The first-order chi connectivity index (χ1) is 9.75. The van der Waals surface area contributed by atoms with E-state index in [1.165, 1.54) is 12.1 Å². The van der Waals surface area contributed by atoms with Crippen LogP contribution in [0.3, 0.4) is 0 Å². The number of alkyl halides is 4. The Bertz CT molecular complexity index is 457. The smallest absolute Gasteiger partial charge is 0.340 e. The zero-order chi connectivity index (χ0) is 16.0. The van der Waals surface area contributed by atoms with Crippen LogP contribution in [0, 0.1) is 0 Å². The van der Waals surface area contributed by atoms with Crippen molar-refractivity contribution in [2.45, 2.75) is 38.9 Å². The topological polar surface area (TPSA) is 20.3 Å². The maximum absolute atomic E-state index is 12.5. The summed E-state index contributed by atoms with van der Waals surface area (Å²) in [5, 5.41) is 0.809. The average molecular weight is 366 g/mol. The molecule has 0 radical (unpaired) electrons. The van der Waals surface area contributed by atoms with Gasteiger partial charge in [0.15, 0.2) is 0 Å². The van der Waals surface area contributed by atoms with Gasteiger partial charge < -0.3 is 4.90 Å². The summed E-state index contributed by atoms with van der Waals surface area (Å²) < 4.78 is 37.4. The number of hydrogen-bond acceptors (Lipinski definition) is 1. The molecule has 6 heteroatoms. The molecule has 2 nitrogen and oxygen atoms in total. The second-order valence-electron chi connectivity index (χ2n) is 5.09. The van der Waals surface area contributed by atoms with Gasteiger partial charge in [0.1, 0.15) is 0 Å². The van der Waals surface area contributed by atoms with Crippen LogP contribution in [-0.4, -0.2) is 28.7 Å². The molecule has 0 bridgehead atoms. The van der Waals surface area contributed by atoms with Crippen LogP contribution in [0.2, 0.25) is 0 Å². The van der Waals surface area contributed by atoms with Crippen molar-refractivity contribution in [2.24, 2.45) is 0 Å². The van der Waals surface area contributed by atoms with E-state index in [1.807, 2.05) is 13.8 Å². The van der Waals surface area contributed by atoms with Crippen molar-refractivity contribution in [1.82, 2.24) is 4.90 Å². The predicted octanol–water partition coefficient (Wildman–Crippen LogP) is 4.27. The van der Waals surface area contributed by atoms with Crippen molar-refractivity contribution in [2.75, 3.05) is 11.9 Å². The first-order valence-corrected chi connectivity index (χ1v) is 7.89. The van der Waals surface area contributed by atoms with Gasteiger partial charge in [-0.15, -0.1) is 0 Å². The molecule has 0 saturated carbocycles. The lowest BCUT2D eigenvalue weighted by atomic mass is 10.1. The van der Waals surface area contributed by atoms with Gasteiger partial charge in [0.2, 0.25) is 5.91 Å². The van der Waals surface area contributed by atoms with E-state index in [4.69, 9.17) is 0 Å². The minimum atomic E-state index is -4.34. The molecule has 1 aromatic rings.